The van der Waals surface area contributed by atoms with Crippen LogP contribution in [0.2, 0.25) is 0 Å². The molecule has 0 aliphatic heterocycles. The molecule has 3 heterocycles. The summed E-state index contributed by atoms with van der Waals surface area (Å²) in [6.45, 7) is 6.72. The van der Waals surface area contributed by atoms with Crippen molar-refractivity contribution in [3.8, 4) is 67.4 Å². The maximum atomic E-state index is 5.31. The van der Waals surface area contributed by atoms with Crippen LogP contribution in [-0.2, 0) is 0 Å². The smallest absolute Gasteiger partial charge is 0.160 e. The predicted molar refractivity (Wildman–Crippen MR) is 296 cm³/mol. The van der Waals surface area contributed by atoms with Crippen molar-refractivity contribution in [3.63, 3.8) is 0 Å². The molecular weight excluding hydrogens is 849 g/mol. The van der Waals surface area contributed by atoms with E-state index < -0.39 is 0 Å². The van der Waals surface area contributed by atoms with E-state index >= 15 is 0 Å². The zero-order valence-corrected chi connectivity index (χ0v) is 38.5. The highest BCUT2D eigenvalue weighted by Gasteiger charge is 2.17. The Morgan fingerprint density at radius 2 is 0.686 bits per heavy atom. The Kier molecular flexibility index (Phi) is 10.8. The summed E-state index contributed by atoms with van der Waals surface area (Å²) in [5, 5.41) is 6.00. The summed E-state index contributed by atoms with van der Waals surface area (Å²) in [5.41, 5.74) is 17.9. The fourth-order valence-electron chi connectivity index (χ4n) is 9.98. The van der Waals surface area contributed by atoms with Gasteiger partial charge in [-0.25, -0.2) is 9.97 Å². The molecule has 13 aromatic rings. The van der Waals surface area contributed by atoms with E-state index in [1.165, 1.54) is 60.3 Å². The average Bonchev–Trinajstić information content (AvgIpc) is 3.96. The molecule has 0 unspecified atom stereocenters. The second kappa shape index (κ2) is 18.0. The van der Waals surface area contributed by atoms with Crippen molar-refractivity contribution in [1.29, 1.82) is 0 Å². The molecule has 10 aromatic carbocycles. The highest BCUT2D eigenvalue weighted by Crippen LogP contribution is 2.38. The Labute approximate surface area is 407 Å². The van der Waals surface area contributed by atoms with E-state index in [1.807, 2.05) is 0 Å². The SMILES string of the molecule is C=CC=C.c1ccc(-c2nc(-c3ccc(-n4c5ccccc5c5ccccc54)cc3)nc3ccc(-c4cccc(-c5cccc(-c6ccc7c(c6)c6ccccc6n7-c6ccccc6)c5)c4)cc23)cc1. The maximum absolute atomic E-state index is 5.31. The molecule has 13 rings (SSSR count). The standard InChI is InChI=1S/C62H40N4.C4H6/c1-3-15-41(16-4-1)61-55-40-47(31-35-56(55)63-62(64-61)42-29-33-50(34-30-42)66-57-26-10-7-23-51(57)52-24-8-11-27-58(52)66)45-19-13-17-43(37-45)44-18-14-20-46(38-44)48-32-36-60-54(39-48)53-25-9-12-28-59(53)65(60)49-21-5-2-6-22-49;1-3-4-2/h1-40H;3-4H,1-2H2. The quantitative estimate of drug-likeness (QED) is 0.143. The lowest BCUT2D eigenvalue weighted by Gasteiger charge is -2.13. The lowest BCUT2D eigenvalue weighted by atomic mass is 9.95. The number of rotatable bonds is 8. The summed E-state index contributed by atoms with van der Waals surface area (Å²) >= 11 is 0. The largest absolute Gasteiger partial charge is 0.309 e. The fourth-order valence-corrected chi connectivity index (χ4v) is 9.98. The van der Waals surface area contributed by atoms with Gasteiger partial charge in [-0.05, 0) is 124 Å². The molecule has 0 saturated heterocycles. The summed E-state index contributed by atoms with van der Waals surface area (Å²) in [7, 11) is 0. The van der Waals surface area contributed by atoms with Gasteiger partial charge in [0.2, 0.25) is 0 Å². The minimum absolute atomic E-state index is 0.700. The molecule has 0 spiro atoms. The second-order valence-electron chi connectivity index (χ2n) is 17.5. The Morgan fingerprint density at radius 1 is 0.286 bits per heavy atom. The molecule has 4 nitrogen and oxygen atoms in total. The molecule has 3 aromatic heterocycles. The molecule has 0 amide bonds. The van der Waals surface area contributed by atoms with Crippen molar-refractivity contribution in [2.75, 3.05) is 0 Å². The number of para-hydroxylation sites is 4. The lowest BCUT2D eigenvalue weighted by molar-refractivity contribution is 1.17. The number of hydrogen-bond acceptors (Lipinski definition) is 2. The topological polar surface area (TPSA) is 35.6 Å². The lowest BCUT2D eigenvalue weighted by Crippen LogP contribution is -1.97. The van der Waals surface area contributed by atoms with Crippen molar-refractivity contribution >= 4 is 54.5 Å². The zero-order valence-electron chi connectivity index (χ0n) is 38.5. The third-order valence-electron chi connectivity index (χ3n) is 13.3. The Hall–Kier alpha value is -9.38. The van der Waals surface area contributed by atoms with E-state index in [2.05, 4.69) is 265 Å². The molecule has 70 heavy (non-hydrogen) atoms. The first kappa shape index (κ1) is 42.0. The first-order chi connectivity index (χ1) is 34.6. The van der Waals surface area contributed by atoms with Crippen LogP contribution in [0.5, 0.6) is 0 Å². The molecule has 0 aliphatic rings. The van der Waals surface area contributed by atoms with E-state index in [4.69, 9.17) is 9.97 Å². The Morgan fingerprint density at radius 3 is 1.23 bits per heavy atom. The second-order valence-corrected chi connectivity index (χ2v) is 17.5. The van der Waals surface area contributed by atoms with Crippen molar-refractivity contribution < 1.29 is 0 Å². The van der Waals surface area contributed by atoms with E-state index in [0.29, 0.717) is 5.82 Å². The molecule has 0 N–H and O–H groups in total. The summed E-state index contributed by atoms with van der Waals surface area (Å²) in [5.74, 6) is 0.700. The third kappa shape index (κ3) is 7.54. The third-order valence-corrected chi connectivity index (χ3v) is 13.3. The maximum Gasteiger partial charge on any atom is 0.160 e. The van der Waals surface area contributed by atoms with Gasteiger partial charge in [0, 0.05) is 49.4 Å². The van der Waals surface area contributed by atoms with Gasteiger partial charge in [0.15, 0.2) is 5.82 Å². The summed E-state index contributed by atoms with van der Waals surface area (Å²) in [4.78, 5) is 10.5. The van der Waals surface area contributed by atoms with E-state index in [-0.39, 0.29) is 0 Å². The predicted octanol–water partition coefficient (Wildman–Crippen LogP) is 17.5. The van der Waals surface area contributed by atoms with Gasteiger partial charge in [0.1, 0.15) is 0 Å². The molecule has 0 bridgehead atoms. The van der Waals surface area contributed by atoms with Gasteiger partial charge in [0.05, 0.1) is 33.3 Å². The van der Waals surface area contributed by atoms with Crippen LogP contribution in [0, 0.1) is 0 Å². The zero-order chi connectivity index (χ0) is 47.0. The van der Waals surface area contributed by atoms with Crippen LogP contribution in [0.4, 0.5) is 0 Å². The van der Waals surface area contributed by atoms with E-state index in [1.54, 1.807) is 12.2 Å². The van der Waals surface area contributed by atoms with Crippen LogP contribution < -0.4 is 0 Å². The van der Waals surface area contributed by atoms with Crippen LogP contribution in [0.25, 0.3) is 122 Å². The van der Waals surface area contributed by atoms with Crippen molar-refractivity contribution in [2.45, 2.75) is 0 Å². The van der Waals surface area contributed by atoms with Crippen LogP contribution in [0.3, 0.4) is 0 Å². The molecule has 0 fully saturated rings. The summed E-state index contributed by atoms with van der Waals surface area (Å²) in [6, 6.07) is 86.9. The van der Waals surface area contributed by atoms with Gasteiger partial charge < -0.3 is 9.13 Å². The Bertz CT molecular complexity index is 4030. The summed E-state index contributed by atoms with van der Waals surface area (Å²) < 4.78 is 4.70. The monoisotopic (exact) mass is 894 g/mol. The highest BCUT2D eigenvalue weighted by molar-refractivity contribution is 6.11. The van der Waals surface area contributed by atoms with Crippen molar-refractivity contribution in [1.82, 2.24) is 19.1 Å². The number of hydrogen-bond donors (Lipinski definition) is 0. The van der Waals surface area contributed by atoms with E-state index in [9.17, 15) is 0 Å². The van der Waals surface area contributed by atoms with Crippen LogP contribution >= 0.6 is 0 Å². The number of nitrogens with zero attached hydrogens (tertiary/aromatic N) is 4. The molecule has 4 heteroatoms. The molecule has 0 radical (unpaired) electrons. The van der Waals surface area contributed by atoms with Gasteiger partial charge in [-0.3, -0.25) is 0 Å². The number of benzene rings is 10. The van der Waals surface area contributed by atoms with Crippen LogP contribution in [0.1, 0.15) is 0 Å². The van der Waals surface area contributed by atoms with Crippen molar-refractivity contribution in [2.24, 2.45) is 0 Å². The van der Waals surface area contributed by atoms with Crippen molar-refractivity contribution in [3.05, 3.63) is 268 Å². The minimum Gasteiger partial charge on any atom is -0.309 e. The average molecular weight is 895 g/mol. The number of allylic oxidation sites excluding steroid dienone is 2. The first-order valence-corrected chi connectivity index (χ1v) is 23.6. The number of fused-ring (bicyclic) bond motifs is 7. The minimum atomic E-state index is 0.700. The van der Waals surface area contributed by atoms with Gasteiger partial charge in [0.25, 0.3) is 0 Å². The molecule has 0 aliphatic carbocycles. The first-order valence-electron chi connectivity index (χ1n) is 23.6. The normalized spacial score (nSPS) is 11.3. The van der Waals surface area contributed by atoms with Gasteiger partial charge in [-0.15, -0.1) is 0 Å². The molecule has 0 atom stereocenters. The highest BCUT2D eigenvalue weighted by atomic mass is 15.0. The Balaban J connectivity index is 0.00000122. The van der Waals surface area contributed by atoms with Gasteiger partial charge in [-0.2, -0.15) is 0 Å². The molecule has 330 valence electrons. The van der Waals surface area contributed by atoms with Gasteiger partial charge in [-0.1, -0.05) is 177 Å². The number of aromatic nitrogens is 4. The molecule has 0 saturated carbocycles. The summed E-state index contributed by atoms with van der Waals surface area (Å²) in [6.07, 6.45) is 3.28. The van der Waals surface area contributed by atoms with Crippen LogP contribution in [0.15, 0.2) is 268 Å². The fraction of sp³-hybridized carbons (Fsp3) is 0. The van der Waals surface area contributed by atoms with E-state index in [0.717, 1.165) is 55.8 Å². The molecular formula is C66H46N4. The van der Waals surface area contributed by atoms with Crippen LogP contribution in [-0.4, -0.2) is 19.1 Å². The van der Waals surface area contributed by atoms with Gasteiger partial charge >= 0.3 is 0 Å².